The molecule has 0 saturated heterocycles. The van der Waals surface area contributed by atoms with Gasteiger partial charge in [0.05, 0.1) is 0 Å². The molecular formula is C18H17N3O3. The number of hydrogen-bond acceptors (Lipinski definition) is 4. The quantitative estimate of drug-likeness (QED) is 0.776. The number of aromatic carboxylic acids is 1. The summed E-state index contributed by atoms with van der Waals surface area (Å²) in [5.74, 6) is -0.652. The minimum Gasteiger partial charge on any atom is -0.476 e. The van der Waals surface area contributed by atoms with Crippen molar-refractivity contribution in [3.8, 4) is 16.9 Å². The van der Waals surface area contributed by atoms with E-state index in [0.717, 1.165) is 11.1 Å². The first-order valence-electron chi connectivity index (χ1n) is 7.59. The second-order valence-electron chi connectivity index (χ2n) is 5.64. The second kappa shape index (κ2) is 6.54. The number of benzene rings is 2. The molecule has 0 bridgehead atoms. The number of aromatic nitrogens is 3. The van der Waals surface area contributed by atoms with E-state index in [0.29, 0.717) is 11.4 Å². The van der Waals surface area contributed by atoms with Gasteiger partial charge in [-0.3, -0.25) is 0 Å². The SMILES string of the molecule is CC(C)c1c(C(=O)O)nnn1Oc1ccc(-c2ccccc2)cc1. The third-order valence-electron chi connectivity index (χ3n) is 3.58. The minimum absolute atomic E-state index is 0.0882. The first kappa shape index (κ1) is 15.7. The Labute approximate surface area is 139 Å². The Balaban J connectivity index is 1.86. The molecule has 1 heterocycles. The van der Waals surface area contributed by atoms with Crippen molar-refractivity contribution in [2.75, 3.05) is 0 Å². The maximum Gasteiger partial charge on any atom is 0.358 e. The lowest BCUT2D eigenvalue weighted by molar-refractivity contribution is 0.0687. The fourth-order valence-corrected chi connectivity index (χ4v) is 2.43. The van der Waals surface area contributed by atoms with Crippen LogP contribution >= 0.6 is 0 Å². The van der Waals surface area contributed by atoms with E-state index in [-0.39, 0.29) is 11.6 Å². The van der Waals surface area contributed by atoms with Crippen LogP contribution in [0.25, 0.3) is 11.1 Å². The highest BCUT2D eigenvalue weighted by molar-refractivity contribution is 5.86. The molecule has 0 saturated carbocycles. The molecule has 6 heteroatoms. The van der Waals surface area contributed by atoms with Crippen LogP contribution in [0.2, 0.25) is 0 Å². The minimum atomic E-state index is -1.12. The molecule has 24 heavy (non-hydrogen) atoms. The molecule has 0 unspecified atom stereocenters. The maximum absolute atomic E-state index is 11.2. The maximum atomic E-state index is 11.2. The Kier molecular flexibility index (Phi) is 4.29. The van der Waals surface area contributed by atoms with Crippen LogP contribution < -0.4 is 4.84 Å². The Bertz CT molecular complexity index is 840. The molecule has 0 aliphatic heterocycles. The van der Waals surface area contributed by atoms with E-state index in [1.165, 1.54) is 4.85 Å². The predicted octanol–water partition coefficient (Wildman–Crippen LogP) is 3.61. The van der Waals surface area contributed by atoms with Crippen LogP contribution in [0.15, 0.2) is 54.6 Å². The van der Waals surface area contributed by atoms with Crippen molar-refractivity contribution >= 4 is 5.97 Å². The highest BCUT2D eigenvalue weighted by Gasteiger charge is 2.22. The number of carbonyl (C=O) groups is 1. The molecular weight excluding hydrogens is 306 g/mol. The van der Waals surface area contributed by atoms with Gasteiger partial charge < -0.3 is 9.94 Å². The smallest absolute Gasteiger partial charge is 0.358 e. The monoisotopic (exact) mass is 323 g/mol. The zero-order valence-corrected chi connectivity index (χ0v) is 13.4. The zero-order chi connectivity index (χ0) is 17.1. The number of nitrogens with zero attached hydrogens (tertiary/aromatic N) is 3. The highest BCUT2D eigenvalue weighted by atomic mass is 16.7. The van der Waals surface area contributed by atoms with Crippen LogP contribution in [0.3, 0.4) is 0 Å². The van der Waals surface area contributed by atoms with E-state index < -0.39 is 5.97 Å². The third-order valence-corrected chi connectivity index (χ3v) is 3.58. The van der Waals surface area contributed by atoms with Gasteiger partial charge in [-0.05, 0) is 28.5 Å². The topological polar surface area (TPSA) is 77.2 Å². The standard InChI is InChI=1S/C18H17N3O3/c1-12(2)17-16(18(22)23)19-20-21(17)24-15-10-8-14(9-11-15)13-6-4-3-5-7-13/h3-12H,1-2H3,(H,22,23). The van der Waals surface area contributed by atoms with Crippen LogP contribution in [0.5, 0.6) is 5.75 Å². The highest BCUT2D eigenvalue weighted by Crippen LogP contribution is 2.23. The lowest BCUT2D eigenvalue weighted by Crippen LogP contribution is -2.14. The lowest BCUT2D eigenvalue weighted by atomic mass is 10.1. The molecule has 0 radical (unpaired) electrons. The molecule has 3 rings (SSSR count). The summed E-state index contributed by atoms with van der Waals surface area (Å²) in [7, 11) is 0. The summed E-state index contributed by atoms with van der Waals surface area (Å²) in [6, 6.07) is 17.5. The van der Waals surface area contributed by atoms with E-state index >= 15 is 0 Å². The fourth-order valence-electron chi connectivity index (χ4n) is 2.43. The molecule has 0 amide bonds. The van der Waals surface area contributed by atoms with Crippen molar-refractivity contribution in [1.29, 1.82) is 0 Å². The first-order valence-corrected chi connectivity index (χ1v) is 7.59. The number of rotatable bonds is 5. The van der Waals surface area contributed by atoms with Gasteiger partial charge in [0.2, 0.25) is 0 Å². The fraction of sp³-hybridized carbons (Fsp3) is 0.167. The van der Waals surface area contributed by atoms with Crippen molar-refractivity contribution in [1.82, 2.24) is 15.2 Å². The Morgan fingerprint density at radius 3 is 2.25 bits per heavy atom. The van der Waals surface area contributed by atoms with E-state index in [9.17, 15) is 9.90 Å². The predicted molar refractivity (Wildman–Crippen MR) is 89.0 cm³/mol. The molecule has 1 N–H and O–H groups in total. The van der Waals surface area contributed by atoms with Crippen molar-refractivity contribution in [3.05, 3.63) is 66.0 Å². The van der Waals surface area contributed by atoms with Gasteiger partial charge in [0.25, 0.3) is 0 Å². The molecule has 6 nitrogen and oxygen atoms in total. The van der Waals surface area contributed by atoms with Gasteiger partial charge in [-0.1, -0.05) is 61.2 Å². The van der Waals surface area contributed by atoms with Gasteiger partial charge in [0.1, 0.15) is 5.69 Å². The molecule has 0 fully saturated rings. The summed E-state index contributed by atoms with van der Waals surface area (Å²) in [5.41, 5.74) is 2.51. The Morgan fingerprint density at radius 2 is 1.67 bits per heavy atom. The summed E-state index contributed by atoms with van der Waals surface area (Å²) in [5, 5.41) is 16.7. The van der Waals surface area contributed by atoms with Crippen LogP contribution in [-0.2, 0) is 0 Å². The van der Waals surface area contributed by atoms with Crippen molar-refractivity contribution < 1.29 is 14.7 Å². The average Bonchev–Trinajstić information content (AvgIpc) is 3.00. The van der Waals surface area contributed by atoms with Gasteiger partial charge >= 0.3 is 5.97 Å². The molecule has 1 aromatic heterocycles. The molecule has 122 valence electrons. The normalized spacial score (nSPS) is 10.8. The van der Waals surface area contributed by atoms with Crippen molar-refractivity contribution in [2.45, 2.75) is 19.8 Å². The zero-order valence-electron chi connectivity index (χ0n) is 13.4. The molecule has 3 aromatic rings. The van der Waals surface area contributed by atoms with Gasteiger partial charge in [-0.25, -0.2) is 4.79 Å². The molecule has 0 aliphatic carbocycles. The number of carboxylic acid groups (broad SMARTS) is 1. The summed E-state index contributed by atoms with van der Waals surface area (Å²) >= 11 is 0. The second-order valence-corrected chi connectivity index (χ2v) is 5.64. The van der Waals surface area contributed by atoms with Crippen LogP contribution in [0.1, 0.15) is 35.9 Å². The van der Waals surface area contributed by atoms with Crippen molar-refractivity contribution in [2.24, 2.45) is 0 Å². The van der Waals surface area contributed by atoms with Crippen LogP contribution in [0, 0.1) is 0 Å². The molecule has 2 aromatic carbocycles. The third kappa shape index (κ3) is 3.12. The van der Waals surface area contributed by atoms with Crippen LogP contribution in [-0.4, -0.2) is 26.2 Å². The molecule has 0 spiro atoms. The molecule has 0 atom stereocenters. The molecule has 0 aliphatic rings. The van der Waals surface area contributed by atoms with Gasteiger partial charge in [0.15, 0.2) is 11.4 Å². The van der Waals surface area contributed by atoms with E-state index in [4.69, 9.17) is 4.84 Å². The average molecular weight is 323 g/mol. The van der Waals surface area contributed by atoms with Crippen LogP contribution in [0.4, 0.5) is 0 Å². The van der Waals surface area contributed by atoms with Gasteiger partial charge in [-0.2, -0.15) is 0 Å². The summed E-state index contributed by atoms with van der Waals surface area (Å²) in [6.07, 6.45) is 0. The van der Waals surface area contributed by atoms with E-state index in [1.54, 1.807) is 0 Å². The largest absolute Gasteiger partial charge is 0.476 e. The number of hydrogen-bond donors (Lipinski definition) is 1. The van der Waals surface area contributed by atoms with E-state index in [1.807, 2.05) is 68.4 Å². The van der Waals surface area contributed by atoms with Gasteiger partial charge in [-0.15, -0.1) is 5.10 Å². The Hall–Kier alpha value is -3.15. The lowest BCUT2D eigenvalue weighted by Gasteiger charge is -2.10. The summed E-state index contributed by atoms with van der Waals surface area (Å²) in [4.78, 5) is 18.1. The first-order chi connectivity index (χ1) is 11.6. The van der Waals surface area contributed by atoms with Crippen molar-refractivity contribution in [3.63, 3.8) is 0 Å². The number of carboxylic acids is 1. The Morgan fingerprint density at radius 1 is 1.04 bits per heavy atom. The van der Waals surface area contributed by atoms with E-state index in [2.05, 4.69) is 10.3 Å². The van der Waals surface area contributed by atoms with Gasteiger partial charge in [0, 0.05) is 5.92 Å². The summed E-state index contributed by atoms with van der Waals surface area (Å²) < 4.78 is 0. The summed E-state index contributed by atoms with van der Waals surface area (Å²) in [6.45, 7) is 3.73.